The Hall–Kier alpha value is -2.42. The van der Waals surface area contributed by atoms with Crippen molar-refractivity contribution in [2.75, 3.05) is 0 Å². The number of furan rings is 1. The normalized spacial score (nSPS) is 11.0. The lowest BCUT2D eigenvalue weighted by molar-refractivity contribution is 0.0990. The molecule has 0 unspecified atom stereocenters. The summed E-state index contributed by atoms with van der Waals surface area (Å²) in [6, 6.07) is 11.8. The van der Waals surface area contributed by atoms with Gasteiger partial charge in [0.25, 0.3) is 0 Å². The summed E-state index contributed by atoms with van der Waals surface area (Å²) in [6.07, 6.45) is 0.297. The van der Waals surface area contributed by atoms with E-state index in [0.717, 1.165) is 27.9 Å². The predicted molar refractivity (Wildman–Crippen MR) is 82.7 cm³/mol. The van der Waals surface area contributed by atoms with Crippen LogP contribution in [0.25, 0.3) is 10.9 Å². The van der Waals surface area contributed by atoms with Crippen molar-refractivity contribution in [3.8, 4) is 0 Å². The minimum atomic E-state index is 0.0598. The van der Waals surface area contributed by atoms with Crippen LogP contribution in [0.5, 0.6) is 0 Å². The van der Waals surface area contributed by atoms with Gasteiger partial charge in [-0.2, -0.15) is 0 Å². The summed E-state index contributed by atoms with van der Waals surface area (Å²) >= 11 is 0. The minimum absolute atomic E-state index is 0.0598. The van der Waals surface area contributed by atoms with Gasteiger partial charge in [-0.25, -0.2) is 0 Å². The van der Waals surface area contributed by atoms with Gasteiger partial charge >= 0.3 is 0 Å². The second-order valence-electron chi connectivity index (χ2n) is 5.31. The Morgan fingerprint density at radius 3 is 2.52 bits per heavy atom. The van der Waals surface area contributed by atoms with Crippen molar-refractivity contribution in [1.82, 2.24) is 4.98 Å². The molecule has 0 atom stereocenters. The van der Waals surface area contributed by atoms with Crippen LogP contribution in [0.3, 0.4) is 0 Å². The van der Waals surface area contributed by atoms with Gasteiger partial charge in [0.2, 0.25) is 0 Å². The third-order valence-corrected chi connectivity index (χ3v) is 3.84. The van der Waals surface area contributed by atoms with Crippen LogP contribution in [-0.4, -0.2) is 10.8 Å². The highest BCUT2D eigenvalue weighted by atomic mass is 16.3. The maximum atomic E-state index is 12.5. The van der Waals surface area contributed by atoms with E-state index in [1.807, 2.05) is 57.2 Å². The number of carbonyl (C=O) groups excluding carboxylic acids is 1. The van der Waals surface area contributed by atoms with E-state index >= 15 is 0 Å². The van der Waals surface area contributed by atoms with Crippen LogP contribution in [0.2, 0.25) is 0 Å². The largest absolute Gasteiger partial charge is 0.466 e. The van der Waals surface area contributed by atoms with Crippen LogP contribution in [-0.2, 0) is 6.42 Å². The number of Topliss-reactive ketones (excluding diaryl/α,β-unsaturated/α-hetero) is 1. The molecule has 0 amide bonds. The van der Waals surface area contributed by atoms with E-state index in [4.69, 9.17) is 4.42 Å². The zero-order valence-corrected chi connectivity index (χ0v) is 12.4. The quantitative estimate of drug-likeness (QED) is 0.675. The van der Waals surface area contributed by atoms with Crippen molar-refractivity contribution in [2.45, 2.75) is 27.2 Å². The highest BCUT2D eigenvalue weighted by Crippen LogP contribution is 2.22. The minimum Gasteiger partial charge on any atom is -0.466 e. The van der Waals surface area contributed by atoms with E-state index < -0.39 is 0 Å². The lowest BCUT2D eigenvalue weighted by Gasteiger charge is -2.03. The van der Waals surface area contributed by atoms with Gasteiger partial charge in [-0.15, -0.1) is 0 Å². The molecule has 3 aromatic rings. The summed E-state index contributed by atoms with van der Waals surface area (Å²) in [4.78, 5) is 17.1. The fourth-order valence-electron chi connectivity index (χ4n) is 2.66. The molecule has 0 fully saturated rings. The van der Waals surface area contributed by atoms with Gasteiger partial charge in [0, 0.05) is 16.6 Å². The molecular weight excluding hydrogens is 262 g/mol. The third-order valence-electron chi connectivity index (χ3n) is 3.84. The number of benzene rings is 1. The van der Waals surface area contributed by atoms with Crippen molar-refractivity contribution < 1.29 is 9.21 Å². The van der Waals surface area contributed by atoms with Gasteiger partial charge in [0.05, 0.1) is 17.5 Å². The number of hydrogen-bond acceptors (Lipinski definition) is 3. The SMILES string of the molecule is Cc1oc(C)c(C(=O)Cc2ccc3ccccc3n2)c1C. The van der Waals surface area contributed by atoms with Crippen LogP contribution in [0.1, 0.15) is 33.1 Å². The Labute approximate surface area is 123 Å². The van der Waals surface area contributed by atoms with Gasteiger partial charge in [0.1, 0.15) is 11.5 Å². The number of pyridine rings is 1. The molecule has 0 spiro atoms. The standard InChI is InChI=1S/C18H17NO2/c1-11-12(2)21-13(3)18(11)17(20)10-15-9-8-14-6-4-5-7-16(14)19-15/h4-9H,10H2,1-3H3. The molecule has 0 saturated carbocycles. The van der Waals surface area contributed by atoms with Crippen molar-refractivity contribution in [2.24, 2.45) is 0 Å². The van der Waals surface area contributed by atoms with Gasteiger partial charge in [-0.1, -0.05) is 24.3 Å². The number of ketones is 1. The lowest BCUT2D eigenvalue weighted by Crippen LogP contribution is -2.07. The van der Waals surface area contributed by atoms with E-state index in [1.54, 1.807) is 0 Å². The molecule has 106 valence electrons. The number of para-hydroxylation sites is 1. The molecule has 0 aliphatic heterocycles. The number of aromatic nitrogens is 1. The molecule has 21 heavy (non-hydrogen) atoms. The first-order chi connectivity index (χ1) is 10.1. The van der Waals surface area contributed by atoms with Gasteiger partial charge in [0.15, 0.2) is 5.78 Å². The number of carbonyl (C=O) groups is 1. The van der Waals surface area contributed by atoms with E-state index in [9.17, 15) is 4.79 Å². The van der Waals surface area contributed by atoms with Gasteiger partial charge in [-0.3, -0.25) is 9.78 Å². The molecular formula is C18H17NO2. The second-order valence-corrected chi connectivity index (χ2v) is 5.31. The molecule has 0 saturated heterocycles. The molecule has 0 aliphatic rings. The molecule has 3 heteroatoms. The first-order valence-electron chi connectivity index (χ1n) is 7.00. The maximum Gasteiger partial charge on any atom is 0.172 e. The summed E-state index contributed by atoms with van der Waals surface area (Å²) in [5.41, 5.74) is 3.33. The first kappa shape index (κ1) is 13.6. The second kappa shape index (κ2) is 5.17. The van der Waals surface area contributed by atoms with Crippen LogP contribution in [0.4, 0.5) is 0 Å². The number of aryl methyl sites for hydroxylation is 2. The third kappa shape index (κ3) is 2.47. The summed E-state index contributed by atoms with van der Waals surface area (Å²) in [5, 5.41) is 1.08. The van der Waals surface area contributed by atoms with E-state index in [0.29, 0.717) is 17.7 Å². The molecule has 0 aliphatic carbocycles. The Morgan fingerprint density at radius 2 is 1.81 bits per heavy atom. The Bertz CT molecular complexity index is 830. The molecule has 0 bridgehead atoms. The molecule has 3 rings (SSSR count). The van der Waals surface area contributed by atoms with Crippen LogP contribution < -0.4 is 0 Å². The molecule has 0 radical (unpaired) electrons. The molecule has 1 aromatic carbocycles. The maximum absolute atomic E-state index is 12.5. The summed E-state index contributed by atoms with van der Waals surface area (Å²) < 4.78 is 5.53. The zero-order valence-electron chi connectivity index (χ0n) is 12.4. The highest BCUT2D eigenvalue weighted by Gasteiger charge is 2.19. The van der Waals surface area contributed by atoms with Crippen LogP contribution in [0.15, 0.2) is 40.8 Å². The fraction of sp³-hybridized carbons (Fsp3) is 0.222. The van der Waals surface area contributed by atoms with E-state index in [1.165, 1.54) is 0 Å². The summed E-state index contributed by atoms with van der Waals surface area (Å²) in [7, 11) is 0. The summed E-state index contributed by atoms with van der Waals surface area (Å²) in [5.74, 6) is 1.56. The van der Waals surface area contributed by atoms with Crippen molar-refractivity contribution in [3.05, 3.63) is 64.7 Å². The zero-order chi connectivity index (χ0) is 15.0. The van der Waals surface area contributed by atoms with Crippen molar-refractivity contribution in [1.29, 1.82) is 0 Å². The first-order valence-corrected chi connectivity index (χ1v) is 7.00. The number of rotatable bonds is 3. The topological polar surface area (TPSA) is 43.1 Å². The lowest BCUT2D eigenvalue weighted by atomic mass is 10.0. The van der Waals surface area contributed by atoms with Crippen LogP contribution in [0, 0.1) is 20.8 Å². The van der Waals surface area contributed by atoms with E-state index in [2.05, 4.69) is 4.98 Å². The van der Waals surface area contributed by atoms with Gasteiger partial charge in [-0.05, 0) is 32.9 Å². The van der Waals surface area contributed by atoms with Crippen LogP contribution >= 0.6 is 0 Å². The Kier molecular flexibility index (Phi) is 3.34. The fourth-order valence-corrected chi connectivity index (χ4v) is 2.66. The number of nitrogens with zero attached hydrogens (tertiary/aromatic N) is 1. The highest BCUT2D eigenvalue weighted by molar-refractivity contribution is 5.99. The van der Waals surface area contributed by atoms with E-state index in [-0.39, 0.29) is 5.78 Å². The number of fused-ring (bicyclic) bond motifs is 1. The molecule has 0 N–H and O–H groups in total. The summed E-state index contributed by atoms with van der Waals surface area (Å²) in [6.45, 7) is 5.64. The Morgan fingerprint density at radius 1 is 1.05 bits per heavy atom. The van der Waals surface area contributed by atoms with Crippen molar-refractivity contribution in [3.63, 3.8) is 0 Å². The molecule has 2 aromatic heterocycles. The number of hydrogen-bond donors (Lipinski definition) is 0. The smallest absolute Gasteiger partial charge is 0.172 e. The molecule has 2 heterocycles. The van der Waals surface area contributed by atoms with Crippen molar-refractivity contribution >= 4 is 16.7 Å². The van der Waals surface area contributed by atoms with Gasteiger partial charge < -0.3 is 4.42 Å². The Balaban J connectivity index is 1.92. The predicted octanol–water partition coefficient (Wildman–Crippen LogP) is 4.18. The average Bonchev–Trinajstić information content (AvgIpc) is 2.72. The average molecular weight is 279 g/mol. The monoisotopic (exact) mass is 279 g/mol. The molecule has 3 nitrogen and oxygen atoms in total.